The third-order valence-corrected chi connectivity index (χ3v) is 2.54. The minimum Gasteiger partial charge on any atom is -0.444 e. The summed E-state index contributed by atoms with van der Waals surface area (Å²) in [5.74, 6) is 2.60. The molecule has 1 unspecified atom stereocenters. The van der Waals surface area contributed by atoms with E-state index in [0.29, 0.717) is 19.5 Å². The number of ether oxygens (including phenoxy) is 2. The molecular weight excluding hydrogens is 206 g/mol. The Labute approximate surface area is 96.9 Å². The summed E-state index contributed by atoms with van der Waals surface area (Å²) in [6, 6.07) is 0. The van der Waals surface area contributed by atoms with E-state index in [1.165, 1.54) is 0 Å². The van der Waals surface area contributed by atoms with Crippen LogP contribution in [0, 0.1) is 12.3 Å². The van der Waals surface area contributed by atoms with Crippen LogP contribution in [0.25, 0.3) is 0 Å². The van der Waals surface area contributed by atoms with Gasteiger partial charge in [-0.25, -0.2) is 4.79 Å². The fourth-order valence-corrected chi connectivity index (χ4v) is 1.61. The third kappa shape index (κ3) is 2.89. The zero-order chi connectivity index (χ0) is 12.4. The second-order valence-electron chi connectivity index (χ2n) is 4.99. The standard InChI is InChI=1S/C12H19NO3/c1-6-12(15-5)7-8-13(9-12)10(14)16-11(2,3)4/h1H,7-9H2,2-5H3. The maximum Gasteiger partial charge on any atom is 0.410 e. The summed E-state index contributed by atoms with van der Waals surface area (Å²) in [4.78, 5) is 13.4. The molecule has 1 aliphatic heterocycles. The summed E-state index contributed by atoms with van der Waals surface area (Å²) in [5.41, 5.74) is -1.12. The zero-order valence-electron chi connectivity index (χ0n) is 10.4. The number of rotatable bonds is 1. The van der Waals surface area contributed by atoms with Crippen LogP contribution in [0.3, 0.4) is 0 Å². The second-order valence-corrected chi connectivity index (χ2v) is 4.99. The van der Waals surface area contributed by atoms with Gasteiger partial charge >= 0.3 is 6.09 Å². The van der Waals surface area contributed by atoms with E-state index in [4.69, 9.17) is 15.9 Å². The highest BCUT2D eigenvalue weighted by atomic mass is 16.6. The predicted octanol–water partition coefficient (Wildman–Crippen LogP) is 1.65. The Kier molecular flexibility index (Phi) is 3.49. The first-order valence-electron chi connectivity index (χ1n) is 5.33. The van der Waals surface area contributed by atoms with Gasteiger partial charge in [0.2, 0.25) is 0 Å². The Balaban J connectivity index is 2.60. The van der Waals surface area contributed by atoms with Gasteiger partial charge in [-0.05, 0) is 20.8 Å². The van der Waals surface area contributed by atoms with Gasteiger partial charge in [0, 0.05) is 20.1 Å². The molecule has 0 radical (unpaired) electrons. The normalized spacial score (nSPS) is 25.3. The summed E-state index contributed by atoms with van der Waals surface area (Å²) in [6.07, 6.45) is 5.74. The molecule has 0 saturated carbocycles. The van der Waals surface area contributed by atoms with Crippen LogP contribution in [0.5, 0.6) is 0 Å². The molecule has 1 aliphatic rings. The summed E-state index contributed by atoms with van der Waals surface area (Å²) in [6.45, 7) is 6.49. The molecule has 0 aromatic rings. The van der Waals surface area contributed by atoms with Crippen molar-refractivity contribution in [1.82, 2.24) is 4.90 Å². The third-order valence-electron chi connectivity index (χ3n) is 2.54. The van der Waals surface area contributed by atoms with Crippen molar-refractivity contribution in [3.8, 4) is 12.3 Å². The Hall–Kier alpha value is -1.21. The molecule has 1 rings (SSSR count). The number of terminal acetylenes is 1. The maximum atomic E-state index is 11.8. The molecule has 4 nitrogen and oxygen atoms in total. The zero-order valence-corrected chi connectivity index (χ0v) is 10.4. The summed E-state index contributed by atoms with van der Waals surface area (Å²) < 4.78 is 10.5. The molecule has 4 heteroatoms. The van der Waals surface area contributed by atoms with E-state index in [9.17, 15) is 4.79 Å². The van der Waals surface area contributed by atoms with Crippen LogP contribution in [-0.2, 0) is 9.47 Å². The largest absolute Gasteiger partial charge is 0.444 e. The number of amides is 1. The van der Waals surface area contributed by atoms with Gasteiger partial charge in [-0.15, -0.1) is 6.42 Å². The summed E-state index contributed by atoms with van der Waals surface area (Å²) >= 11 is 0. The lowest BCUT2D eigenvalue weighted by Crippen LogP contribution is -2.39. The lowest BCUT2D eigenvalue weighted by molar-refractivity contribution is 0.0169. The van der Waals surface area contributed by atoms with Crippen molar-refractivity contribution in [2.75, 3.05) is 20.2 Å². The van der Waals surface area contributed by atoms with Crippen LogP contribution in [0.1, 0.15) is 27.2 Å². The highest BCUT2D eigenvalue weighted by Gasteiger charge is 2.40. The van der Waals surface area contributed by atoms with Gasteiger partial charge in [0.05, 0.1) is 6.54 Å². The molecule has 1 heterocycles. The highest BCUT2D eigenvalue weighted by molar-refractivity contribution is 5.69. The van der Waals surface area contributed by atoms with E-state index in [-0.39, 0.29) is 6.09 Å². The van der Waals surface area contributed by atoms with Crippen molar-refractivity contribution in [2.45, 2.75) is 38.4 Å². The SMILES string of the molecule is C#CC1(OC)CCN(C(=O)OC(C)(C)C)C1. The van der Waals surface area contributed by atoms with E-state index in [1.54, 1.807) is 12.0 Å². The minimum absolute atomic E-state index is 0.332. The number of methoxy groups -OCH3 is 1. The van der Waals surface area contributed by atoms with Crippen LogP contribution in [0.15, 0.2) is 0 Å². The summed E-state index contributed by atoms with van der Waals surface area (Å²) in [5, 5.41) is 0. The fourth-order valence-electron chi connectivity index (χ4n) is 1.61. The average molecular weight is 225 g/mol. The Morgan fingerprint density at radius 2 is 2.12 bits per heavy atom. The van der Waals surface area contributed by atoms with E-state index in [2.05, 4.69) is 5.92 Å². The lowest BCUT2D eigenvalue weighted by Gasteiger charge is -2.25. The lowest BCUT2D eigenvalue weighted by atomic mass is 10.1. The van der Waals surface area contributed by atoms with Crippen LogP contribution < -0.4 is 0 Å². The Bertz CT molecular complexity index is 313. The highest BCUT2D eigenvalue weighted by Crippen LogP contribution is 2.25. The molecule has 90 valence electrons. The van der Waals surface area contributed by atoms with Crippen LogP contribution in [0.2, 0.25) is 0 Å². The van der Waals surface area contributed by atoms with Gasteiger partial charge in [-0.3, -0.25) is 0 Å². The molecular formula is C12H19NO3. The molecule has 0 aromatic carbocycles. The topological polar surface area (TPSA) is 38.8 Å². The number of nitrogens with zero attached hydrogens (tertiary/aromatic N) is 1. The average Bonchev–Trinajstić information content (AvgIpc) is 2.60. The van der Waals surface area contributed by atoms with E-state index >= 15 is 0 Å². The second kappa shape index (κ2) is 4.34. The van der Waals surface area contributed by atoms with Crippen LogP contribution >= 0.6 is 0 Å². The smallest absolute Gasteiger partial charge is 0.410 e. The number of hydrogen-bond donors (Lipinski definition) is 0. The van der Waals surface area contributed by atoms with Crippen molar-refractivity contribution in [3.05, 3.63) is 0 Å². The van der Waals surface area contributed by atoms with Crippen LogP contribution in [-0.4, -0.2) is 42.4 Å². The molecule has 0 bridgehead atoms. The molecule has 0 N–H and O–H groups in total. The summed E-state index contributed by atoms with van der Waals surface area (Å²) in [7, 11) is 1.57. The number of carbonyl (C=O) groups excluding carboxylic acids is 1. The van der Waals surface area contributed by atoms with Crippen molar-refractivity contribution < 1.29 is 14.3 Å². The Morgan fingerprint density at radius 3 is 2.50 bits per heavy atom. The molecule has 1 fully saturated rings. The van der Waals surface area contributed by atoms with Gasteiger partial charge in [0.25, 0.3) is 0 Å². The molecule has 1 atom stereocenters. The van der Waals surface area contributed by atoms with Gasteiger partial charge in [-0.2, -0.15) is 0 Å². The van der Waals surface area contributed by atoms with Gasteiger partial charge < -0.3 is 14.4 Å². The van der Waals surface area contributed by atoms with Gasteiger partial charge in [0.15, 0.2) is 0 Å². The monoisotopic (exact) mass is 225 g/mol. The molecule has 0 aliphatic carbocycles. The fraction of sp³-hybridized carbons (Fsp3) is 0.750. The van der Waals surface area contributed by atoms with Crippen molar-refractivity contribution >= 4 is 6.09 Å². The first-order valence-corrected chi connectivity index (χ1v) is 5.33. The molecule has 16 heavy (non-hydrogen) atoms. The van der Waals surface area contributed by atoms with Gasteiger partial charge in [-0.1, -0.05) is 5.92 Å². The van der Waals surface area contributed by atoms with E-state index in [0.717, 1.165) is 0 Å². The maximum absolute atomic E-state index is 11.8. The quantitative estimate of drug-likeness (QED) is 0.637. The number of carbonyl (C=O) groups is 1. The van der Waals surface area contributed by atoms with E-state index in [1.807, 2.05) is 20.8 Å². The first-order chi connectivity index (χ1) is 7.32. The van der Waals surface area contributed by atoms with Crippen molar-refractivity contribution in [3.63, 3.8) is 0 Å². The Morgan fingerprint density at radius 1 is 1.50 bits per heavy atom. The predicted molar refractivity (Wildman–Crippen MR) is 61.0 cm³/mol. The van der Waals surface area contributed by atoms with E-state index < -0.39 is 11.2 Å². The number of likely N-dealkylation sites (tertiary alicyclic amines) is 1. The number of hydrogen-bond acceptors (Lipinski definition) is 3. The van der Waals surface area contributed by atoms with Crippen molar-refractivity contribution in [1.29, 1.82) is 0 Å². The first kappa shape index (κ1) is 12.9. The van der Waals surface area contributed by atoms with Gasteiger partial charge in [0.1, 0.15) is 11.2 Å². The van der Waals surface area contributed by atoms with Crippen LogP contribution in [0.4, 0.5) is 4.79 Å². The molecule has 0 aromatic heterocycles. The molecule has 1 amide bonds. The molecule has 1 saturated heterocycles. The van der Waals surface area contributed by atoms with Crippen molar-refractivity contribution in [2.24, 2.45) is 0 Å². The minimum atomic E-state index is -0.642. The molecule has 0 spiro atoms.